The highest BCUT2D eigenvalue weighted by Crippen LogP contribution is 2.27. The van der Waals surface area contributed by atoms with Crippen molar-refractivity contribution in [1.29, 1.82) is 0 Å². The van der Waals surface area contributed by atoms with E-state index < -0.39 is 5.97 Å². The van der Waals surface area contributed by atoms with Gasteiger partial charge in [0.2, 0.25) is 5.91 Å². The zero-order valence-electron chi connectivity index (χ0n) is 14.2. The maximum Gasteiger partial charge on any atom is 0.338 e. The molecule has 0 aliphatic heterocycles. The maximum atomic E-state index is 12.1. The molecule has 3 N–H and O–H groups in total. The number of esters is 1. The van der Waals surface area contributed by atoms with Gasteiger partial charge in [0.05, 0.1) is 30.1 Å². The molecule has 1 aromatic carbocycles. The lowest BCUT2D eigenvalue weighted by Crippen LogP contribution is -2.29. The Morgan fingerprint density at radius 1 is 1.21 bits per heavy atom. The van der Waals surface area contributed by atoms with E-state index in [0.29, 0.717) is 17.9 Å². The lowest BCUT2D eigenvalue weighted by molar-refractivity contribution is -0.115. The van der Waals surface area contributed by atoms with Gasteiger partial charge >= 0.3 is 5.97 Å². The molecule has 0 unspecified atom stereocenters. The zero-order chi connectivity index (χ0) is 16.7. The Labute approximate surface area is 149 Å². The topological polar surface area (TPSA) is 79.5 Å². The minimum Gasteiger partial charge on any atom is -0.462 e. The van der Waals surface area contributed by atoms with Gasteiger partial charge in [-0.2, -0.15) is 0 Å². The molecule has 0 atom stereocenters. The van der Waals surface area contributed by atoms with Crippen LogP contribution in [0.3, 0.4) is 0 Å². The summed E-state index contributed by atoms with van der Waals surface area (Å²) in [6.45, 7) is 5.94. The average molecular weight is 356 g/mol. The molecule has 2 rings (SSSR count). The lowest BCUT2D eigenvalue weighted by Gasteiger charge is -2.14. The van der Waals surface area contributed by atoms with Crippen LogP contribution in [0, 0.1) is 5.92 Å². The summed E-state index contributed by atoms with van der Waals surface area (Å²) in [7, 11) is 0. The second-order valence-electron chi connectivity index (χ2n) is 5.63. The van der Waals surface area contributed by atoms with Crippen LogP contribution in [0.1, 0.15) is 37.0 Å². The maximum absolute atomic E-state index is 12.1. The molecule has 0 heterocycles. The molecule has 6 nitrogen and oxygen atoms in total. The number of amides is 1. The largest absolute Gasteiger partial charge is 0.462 e. The van der Waals surface area contributed by atoms with Crippen LogP contribution in [-0.4, -0.2) is 38.1 Å². The van der Waals surface area contributed by atoms with Crippen molar-refractivity contribution in [2.24, 2.45) is 5.92 Å². The lowest BCUT2D eigenvalue weighted by atomic mass is 10.1. The summed E-state index contributed by atoms with van der Waals surface area (Å²) >= 11 is 0. The third-order valence-electron chi connectivity index (χ3n) is 3.59. The van der Waals surface area contributed by atoms with Crippen molar-refractivity contribution >= 4 is 35.7 Å². The molecule has 1 aromatic rings. The van der Waals surface area contributed by atoms with Crippen LogP contribution in [0.15, 0.2) is 18.2 Å². The number of halogens is 1. The minimum absolute atomic E-state index is 0. The Morgan fingerprint density at radius 3 is 2.58 bits per heavy atom. The number of rotatable bonds is 9. The monoisotopic (exact) mass is 355 g/mol. The first-order valence-corrected chi connectivity index (χ1v) is 8.19. The second-order valence-corrected chi connectivity index (χ2v) is 5.63. The van der Waals surface area contributed by atoms with Crippen molar-refractivity contribution in [3.05, 3.63) is 23.8 Å². The summed E-state index contributed by atoms with van der Waals surface area (Å²) in [6.07, 6.45) is 2.50. The Hall–Kier alpha value is -1.79. The fraction of sp³-hybridized carbons (Fsp3) is 0.529. The standard InChI is InChI=1S/C17H25N3O3.ClH/c1-3-19-14-8-7-13(17(22)23-4-2)9-15(14)20-16(21)11-18-10-12-5-6-12;/h7-9,12,18-19H,3-6,10-11H2,1-2H3,(H,20,21);1H. The van der Waals surface area contributed by atoms with Crippen molar-refractivity contribution < 1.29 is 14.3 Å². The first-order valence-electron chi connectivity index (χ1n) is 8.19. The van der Waals surface area contributed by atoms with Crippen molar-refractivity contribution in [2.45, 2.75) is 26.7 Å². The third kappa shape index (κ3) is 6.37. The van der Waals surface area contributed by atoms with Gasteiger partial charge in [0.25, 0.3) is 0 Å². The number of ether oxygens (including phenoxy) is 1. The molecule has 7 heteroatoms. The highest BCUT2D eigenvalue weighted by molar-refractivity contribution is 5.98. The third-order valence-corrected chi connectivity index (χ3v) is 3.59. The van der Waals surface area contributed by atoms with Gasteiger partial charge in [-0.05, 0) is 57.4 Å². The van der Waals surface area contributed by atoms with Crippen molar-refractivity contribution in [1.82, 2.24) is 5.32 Å². The molecule has 0 saturated heterocycles. The fourth-order valence-corrected chi connectivity index (χ4v) is 2.24. The molecule has 1 amide bonds. The number of benzene rings is 1. The van der Waals surface area contributed by atoms with E-state index in [2.05, 4.69) is 16.0 Å². The van der Waals surface area contributed by atoms with Crippen LogP contribution in [0.25, 0.3) is 0 Å². The number of hydrogen-bond donors (Lipinski definition) is 3. The summed E-state index contributed by atoms with van der Waals surface area (Å²) in [5.41, 5.74) is 1.81. The van der Waals surface area contributed by atoms with Gasteiger partial charge in [0, 0.05) is 6.54 Å². The Kier molecular flexibility index (Phi) is 8.57. The van der Waals surface area contributed by atoms with Gasteiger partial charge in [0.15, 0.2) is 0 Å². The molecule has 1 saturated carbocycles. The molecule has 0 aromatic heterocycles. The van der Waals surface area contributed by atoms with E-state index in [1.54, 1.807) is 25.1 Å². The average Bonchev–Trinajstić information content (AvgIpc) is 3.33. The van der Waals surface area contributed by atoms with Crippen LogP contribution in [-0.2, 0) is 9.53 Å². The van der Waals surface area contributed by atoms with Crippen molar-refractivity contribution in [3.63, 3.8) is 0 Å². The van der Waals surface area contributed by atoms with Gasteiger partial charge < -0.3 is 20.7 Å². The van der Waals surface area contributed by atoms with Crippen molar-refractivity contribution in [3.8, 4) is 0 Å². The number of carbonyl (C=O) groups excluding carboxylic acids is 2. The Morgan fingerprint density at radius 2 is 1.96 bits per heavy atom. The molecule has 0 spiro atoms. The Bertz CT molecular complexity index is 562. The minimum atomic E-state index is -0.391. The van der Waals surface area contributed by atoms with Gasteiger partial charge in [-0.15, -0.1) is 12.4 Å². The number of hydrogen-bond acceptors (Lipinski definition) is 5. The zero-order valence-corrected chi connectivity index (χ0v) is 15.0. The summed E-state index contributed by atoms with van der Waals surface area (Å²) in [5.74, 6) is 0.218. The first-order chi connectivity index (χ1) is 11.1. The number of nitrogens with one attached hydrogen (secondary N) is 3. The molecule has 134 valence electrons. The van der Waals surface area contributed by atoms with Crippen LogP contribution in [0.5, 0.6) is 0 Å². The molecular weight excluding hydrogens is 330 g/mol. The smallest absolute Gasteiger partial charge is 0.338 e. The van der Waals surface area contributed by atoms with Gasteiger partial charge in [-0.25, -0.2) is 4.79 Å². The van der Waals surface area contributed by atoms with E-state index >= 15 is 0 Å². The van der Waals surface area contributed by atoms with Crippen LogP contribution >= 0.6 is 12.4 Å². The van der Waals surface area contributed by atoms with Gasteiger partial charge in [0.1, 0.15) is 0 Å². The molecule has 0 radical (unpaired) electrons. The van der Waals surface area contributed by atoms with E-state index in [4.69, 9.17) is 4.74 Å². The van der Waals surface area contributed by atoms with E-state index in [1.807, 2.05) is 6.92 Å². The Balaban J connectivity index is 0.00000288. The second kappa shape index (κ2) is 10.2. The summed E-state index contributed by atoms with van der Waals surface area (Å²) in [5, 5.41) is 9.18. The SMILES string of the molecule is CCNc1ccc(C(=O)OCC)cc1NC(=O)CNCC1CC1.Cl. The van der Waals surface area contributed by atoms with Crippen LogP contribution in [0.4, 0.5) is 11.4 Å². The van der Waals surface area contributed by atoms with Gasteiger partial charge in [-0.3, -0.25) is 4.79 Å². The number of anilines is 2. The van der Waals surface area contributed by atoms with E-state index in [9.17, 15) is 9.59 Å². The predicted octanol–water partition coefficient (Wildman–Crippen LogP) is 2.66. The van der Waals surface area contributed by atoms with E-state index in [0.717, 1.165) is 24.7 Å². The molecule has 1 aliphatic carbocycles. The van der Waals surface area contributed by atoms with E-state index in [1.165, 1.54) is 12.8 Å². The summed E-state index contributed by atoms with van der Waals surface area (Å²) < 4.78 is 5.00. The first kappa shape index (κ1) is 20.3. The highest BCUT2D eigenvalue weighted by atomic mass is 35.5. The molecule has 24 heavy (non-hydrogen) atoms. The summed E-state index contributed by atoms with van der Waals surface area (Å²) in [6, 6.07) is 5.12. The highest BCUT2D eigenvalue weighted by Gasteiger charge is 2.20. The number of carbonyl (C=O) groups is 2. The van der Waals surface area contributed by atoms with Crippen molar-refractivity contribution in [2.75, 3.05) is 36.9 Å². The molecule has 1 aliphatic rings. The molecular formula is C17H26ClN3O3. The summed E-state index contributed by atoms with van der Waals surface area (Å²) in [4.78, 5) is 23.9. The van der Waals surface area contributed by atoms with Crippen LogP contribution < -0.4 is 16.0 Å². The van der Waals surface area contributed by atoms with Gasteiger partial charge in [-0.1, -0.05) is 0 Å². The normalized spacial score (nSPS) is 12.9. The van der Waals surface area contributed by atoms with E-state index in [-0.39, 0.29) is 24.9 Å². The fourth-order valence-electron chi connectivity index (χ4n) is 2.24. The van der Waals surface area contributed by atoms with Crippen LogP contribution in [0.2, 0.25) is 0 Å². The predicted molar refractivity (Wildman–Crippen MR) is 98.0 cm³/mol. The quantitative estimate of drug-likeness (QED) is 0.593. The molecule has 0 bridgehead atoms. The molecule has 1 fully saturated rings.